The predicted molar refractivity (Wildman–Crippen MR) is 120 cm³/mol. The number of benzene rings is 2. The number of imide groups is 1. The minimum atomic E-state index is -0.703. The Hall–Kier alpha value is -3.36. The van der Waals surface area contributed by atoms with Crippen molar-refractivity contribution in [3.05, 3.63) is 68.9 Å². The first-order valence-electron chi connectivity index (χ1n) is 10.2. The molecule has 8 nitrogen and oxygen atoms in total. The molecule has 4 amide bonds. The van der Waals surface area contributed by atoms with Crippen molar-refractivity contribution in [2.24, 2.45) is 0 Å². The number of fused-ring (bicyclic) bond motifs is 2. The van der Waals surface area contributed by atoms with Crippen molar-refractivity contribution >= 4 is 57.8 Å². The Bertz CT molecular complexity index is 1350. The highest BCUT2D eigenvalue weighted by Gasteiger charge is 2.39. The fraction of sp³-hybridized carbons (Fsp3) is 0.217. The lowest BCUT2D eigenvalue weighted by Crippen LogP contribution is -2.52. The van der Waals surface area contributed by atoms with Gasteiger partial charge in [-0.2, -0.15) is 0 Å². The number of amides is 4. The summed E-state index contributed by atoms with van der Waals surface area (Å²) in [5, 5.41) is 6.63. The van der Waals surface area contributed by atoms with Gasteiger partial charge in [-0.15, -0.1) is 0 Å². The normalized spacial score (nSPS) is 17.9. The third kappa shape index (κ3) is 3.96. The smallest absolute Gasteiger partial charge is 0.287 e. The van der Waals surface area contributed by atoms with E-state index in [-0.39, 0.29) is 43.5 Å². The second kappa shape index (κ2) is 8.20. The molecule has 1 atom stereocenters. The molecular weight excluding hydrogens is 469 g/mol. The van der Waals surface area contributed by atoms with Crippen LogP contribution in [-0.2, 0) is 22.7 Å². The first-order chi connectivity index (χ1) is 15.8. The molecule has 0 spiro atoms. The highest BCUT2D eigenvalue weighted by molar-refractivity contribution is 6.32. The summed E-state index contributed by atoms with van der Waals surface area (Å²) in [5.41, 5.74) is 2.29. The Morgan fingerprint density at radius 1 is 1.15 bits per heavy atom. The van der Waals surface area contributed by atoms with Crippen LogP contribution < -0.4 is 10.6 Å². The van der Waals surface area contributed by atoms with E-state index in [1.165, 1.54) is 4.90 Å². The van der Waals surface area contributed by atoms with Crippen LogP contribution in [0.5, 0.6) is 0 Å². The van der Waals surface area contributed by atoms with Gasteiger partial charge in [0.15, 0.2) is 5.76 Å². The lowest BCUT2D eigenvalue weighted by Gasteiger charge is -2.29. The molecule has 0 bridgehead atoms. The van der Waals surface area contributed by atoms with Gasteiger partial charge in [-0.3, -0.25) is 24.5 Å². The van der Waals surface area contributed by atoms with Gasteiger partial charge in [0.25, 0.3) is 11.8 Å². The van der Waals surface area contributed by atoms with Crippen molar-refractivity contribution in [3.63, 3.8) is 0 Å². The van der Waals surface area contributed by atoms with Crippen LogP contribution >= 0.6 is 23.2 Å². The second-order valence-electron chi connectivity index (χ2n) is 7.98. The summed E-state index contributed by atoms with van der Waals surface area (Å²) < 4.78 is 5.57. The molecule has 2 aliphatic rings. The van der Waals surface area contributed by atoms with Gasteiger partial charge >= 0.3 is 0 Å². The number of carbonyl (C=O) groups excluding carboxylic acids is 4. The number of nitrogens with zero attached hydrogens (tertiary/aromatic N) is 1. The maximum Gasteiger partial charge on any atom is 0.287 e. The molecule has 0 saturated carbocycles. The molecule has 0 radical (unpaired) electrons. The van der Waals surface area contributed by atoms with Gasteiger partial charge < -0.3 is 14.6 Å². The molecule has 1 unspecified atom stereocenters. The Balaban J connectivity index is 1.31. The zero-order chi connectivity index (χ0) is 23.3. The van der Waals surface area contributed by atoms with E-state index < -0.39 is 17.9 Å². The molecule has 2 N–H and O–H groups in total. The molecule has 168 valence electrons. The molecule has 33 heavy (non-hydrogen) atoms. The molecule has 0 aliphatic carbocycles. The van der Waals surface area contributed by atoms with Gasteiger partial charge in [-0.25, -0.2) is 0 Å². The van der Waals surface area contributed by atoms with Gasteiger partial charge in [0.05, 0.1) is 0 Å². The summed E-state index contributed by atoms with van der Waals surface area (Å²) in [5.74, 6) is -1.39. The van der Waals surface area contributed by atoms with Crippen molar-refractivity contribution in [2.75, 3.05) is 0 Å². The van der Waals surface area contributed by atoms with Gasteiger partial charge in [0.1, 0.15) is 11.6 Å². The number of nitrogens with one attached hydrogen (secondary N) is 2. The SMILES string of the molecule is O=C1CCC(N2Cc3cc(CNC(=O)c4cc5cc(Cl)ccc5o4)c(Cl)cc3C2=O)C(=O)N1. The van der Waals surface area contributed by atoms with Crippen LogP contribution in [0.4, 0.5) is 0 Å². The van der Waals surface area contributed by atoms with Crippen molar-refractivity contribution in [2.45, 2.75) is 32.0 Å². The molecule has 3 aromatic rings. The molecule has 10 heteroatoms. The molecular formula is C23H17Cl2N3O5. The van der Waals surface area contributed by atoms with Crippen molar-refractivity contribution < 1.29 is 23.6 Å². The van der Waals surface area contributed by atoms with E-state index in [0.29, 0.717) is 32.3 Å². The van der Waals surface area contributed by atoms with Crippen LogP contribution in [0.15, 0.2) is 40.8 Å². The summed E-state index contributed by atoms with van der Waals surface area (Å²) in [6.45, 7) is 0.345. The third-order valence-electron chi connectivity index (χ3n) is 5.83. The number of halogens is 2. The zero-order valence-electron chi connectivity index (χ0n) is 17.1. The monoisotopic (exact) mass is 485 g/mol. The number of furan rings is 1. The summed E-state index contributed by atoms with van der Waals surface area (Å²) >= 11 is 12.4. The van der Waals surface area contributed by atoms with Crippen molar-refractivity contribution in [1.29, 1.82) is 0 Å². The summed E-state index contributed by atoms with van der Waals surface area (Å²) in [6, 6.07) is 9.29. The van der Waals surface area contributed by atoms with E-state index >= 15 is 0 Å². The van der Waals surface area contributed by atoms with Crippen molar-refractivity contribution in [3.8, 4) is 0 Å². The maximum atomic E-state index is 12.9. The van der Waals surface area contributed by atoms with Crippen LogP contribution in [0.3, 0.4) is 0 Å². The zero-order valence-corrected chi connectivity index (χ0v) is 18.6. The van der Waals surface area contributed by atoms with E-state index in [2.05, 4.69) is 10.6 Å². The van der Waals surface area contributed by atoms with E-state index in [1.54, 1.807) is 36.4 Å². The first-order valence-corrected chi connectivity index (χ1v) is 11.0. The average Bonchev–Trinajstić information content (AvgIpc) is 3.33. The standard InChI is InChI=1S/C23H17Cl2N3O5/c24-14-1-3-18-11(6-14)7-19(33-18)22(31)26-9-12-5-13-10-28(23(32)15(13)8-16(12)25)17-2-4-20(29)27-21(17)30/h1,3,5-8,17H,2,4,9-10H2,(H,26,31)(H,27,29,30). The fourth-order valence-corrected chi connectivity index (χ4v) is 4.58. The fourth-order valence-electron chi connectivity index (χ4n) is 4.16. The predicted octanol–water partition coefficient (Wildman–Crippen LogP) is 3.43. The Kier molecular flexibility index (Phi) is 5.34. The number of hydrogen-bond acceptors (Lipinski definition) is 5. The number of rotatable bonds is 4. The number of piperidine rings is 1. The van der Waals surface area contributed by atoms with E-state index in [9.17, 15) is 19.2 Å². The first kappa shape index (κ1) is 21.5. The molecule has 2 aliphatic heterocycles. The minimum Gasteiger partial charge on any atom is -0.451 e. The van der Waals surface area contributed by atoms with Crippen LogP contribution in [-0.4, -0.2) is 34.6 Å². The lowest BCUT2D eigenvalue weighted by molar-refractivity contribution is -0.136. The van der Waals surface area contributed by atoms with E-state index in [1.807, 2.05) is 0 Å². The Morgan fingerprint density at radius 2 is 1.97 bits per heavy atom. The molecule has 1 aromatic heterocycles. The van der Waals surface area contributed by atoms with Crippen LogP contribution in [0, 0.1) is 0 Å². The van der Waals surface area contributed by atoms with Crippen molar-refractivity contribution in [1.82, 2.24) is 15.5 Å². The highest BCUT2D eigenvalue weighted by Crippen LogP contribution is 2.31. The molecule has 2 aromatic carbocycles. The van der Waals surface area contributed by atoms with E-state index in [0.717, 1.165) is 5.39 Å². The van der Waals surface area contributed by atoms with Gasteiger partial charge in [0, 0.05) is 40.5 Å². The lowest BCUT2D eigenvalue weighted by atomic mass is 10.0. The second-order valence-corrected chi connectivity index (χ2v) is 8.82. The quantitative estimate of drug-likeness (QED) is 0.550. The van der Waals surface area contributed by atoms with Gasteiger partial charge in [0.2, 0.25) is 11.8 Å². The summed E-state index contributed by atoms with van der Waals surface area (Å²) in [6.07, 6.45) is 0.465. The maximum absolute atomic E-state index is 12.9. The number of carbonyl (C=O) groups is 4. The average molecular weight is 486 g/mol. The summed E-state index contributed by atoms with van der Waals surface area (Å²) in [7, 11) is 0. The minimum absolute atomic E-state index is 0.120. The molecule has 1 fully saturated rings. The topological polar surface area (TPSA) is 109 Å². The van der Waals surface area contributed by atoms with Crippen LogP contribution in [0.25, 0.3) is 11.0 Å². The van der Waals surface area contributed by atoms with Crippen LogP contribution in [0.2, 0.25) is 10.0 Å². The highest BCUT2D eigenvalue weighted by atomic mass is 35.5. The van der Waals surface area contributed by atoms with E-state index in [4.69, 9.17) is 27.6 Å². The molecule has 5 rings (SSSR count). The Labute approximate surface area is 197 Å². The van der Waals surface area contributed by atoms with Gasteiger partial charge in [-0.05, 0) is 53.9 Å². The number of hydrogen-bond donors (Lipinski definition) is 2. The largest absolute Gasteiger partial charge is 0.451 e. The molecule has 1 saturated heterocycles. The summed E-state index contributed by atoms with van der Waals surface area (Å²) in [4.78, 5) is 50.5. The molecule has 3 heterocycles. The Morgan fingerprint density at radius 3 is 2.76 bits per heavy atom. The third-order valence-corrected chi connectivity index (χ3v) is 6.42. The van der Waals surface area contributed by atoms with Gasteiger partial charge in [-0.1, -0.05) is 23.2 Å². The van der Waals surface area contributed by atoms with Crippen LogP contribution in [0.1, 0.15) is 44.9 Å².